The molecular formula is C14H8BrClFNS. The van der Waals surface area contributed by atoms with Crippen molar-refractivity contribution in [3.05, 3.63) is 62.3 Å². The summed E-state index contributed by atoms with van der Waals surface area (Å²) in [4.78, 5) is 6.38. The second-order valence-electron chi connectivity index (χ2n) is 4.12. The summed E-state index contributed by atoms with van der Waals surface area (Å²) in [5.74, 6) is -0.219. The second kappa shape index (κ2) is 5.19. The first-order valence-corrected chi connectivity index (χ1v) is 7.59. The van der Waals surface area contributed by atoms with Gasteiger partial charge in [0.2, 0.25) is 0 Å². The van der Waals surface area contributed by atoms with E-state index in [2.05, 4.69) is 20.9 Å². The van der Waals surface area contributed by atoms with E-state index in [1.54, 1.807) is 35.7 Å². The average Bonchev–Trinajstić information content (AvgIpc) is 2.71. The molecule has 0 aliphatic carbocycles. The minimum atomic E-state index is -0.219. The molecule has 5 heteroatoms. The Bertz CT molecular complexity index is 739. The number of thiophene rings is 1. The first-order chi connectivity index (χ1) is 9.15. The van der Waals surface area contributed by atoms with Crippen LogP contribution < -0.4 is 0 Å². The number of nitrogens with zero attached hydrogens (tertiary/aromatic N) is 1. The standard InChI is InChI=1S/C14H8BrClFNS/c15-13-11(7-8-1-3-9(17)4-2-8)19-14-12(13)10(16)5-6-18-14/h1-6H,7H2. The molecule has 1 nitrogen and oxygen atoms in total. The van der Waals surface area contributed by atoms with E-state index in [9.17, 15) is 4.39 Å². The molecule has 0 saturated carbocycles. The van der Waals surface area contributed by atoms with Gasteiger partial charge in [-0.1, -0.05) is 23.7 Å². The molecule has 0 unspecified atom stereocenters. The fourth-order valence-corrected chi connectivity index (χ4v) is 4.32. The van der Waals surface area contributed by atoms with Crippen LogP contribution in [0.2, 0.25) is 5.02 Å². The van der Waals surface area contributed by atoms with Gasteiger partial charge in [-0.15, -0.1) is 11.3 Å². The molecule has 3 rings (SSSR count). The minimum absolute atomic E-state index is 0.219. The van der Waals surface area contributed by atoms with Crippen molar-refractivity contribution in [3.8, 4) is 0 Å². The normalized spacial score (nSPS) is 11.1. The van der Waals surface area contributed by atoms with E-state index >= 15 is 0 Å². The monoisotopic (exact) mass is 355 g/mol. The van der Waals surface area contributed by atoms with Crippen molar-refractivity contribution in [3.63, 3.8) is 0 Å². The molecule has 0 bridgehead atoms. The van der Waals surface area contributed by atoms with Crippen LogP contribution in [0.25, 0.3) is 10.2 Å². The molecule has 0 N–H and O–H groups in total. The van der Waals surface area contributed by atoms with Gasteiger partial charge in [0, 0.05) is 27.4 Å². The SMILES string of the molecule is Fc1ccc(Cc2sc3nccc(Cl)c3c2Br)cc1. The zero-order chi connectivity index (χ0) is 13.4. The van der Waals surface area contributed by atoms with Crippen LogP contribution in [0.4, 0.5) is 4.39 Å². The van der Waals surface area contributed by atoms with Crippen molar-refractivity contribution in [1.82, 2.24) is 4.98 Å². The molecule has 96 valence electrons. The third-order valence-corrected chi connectivity index (χ3v) is 5.38. The Morgan fingerprint density at radius 1 is 1.21 bits per heavy atom. The van der Waals surface area contributed by atoms with Gasteiger partial charge in [-0.05, 0) is 39.7 Å². The molecule has 1 aromatic carbocycles. The Balaban J connectivity index is 2.04. The highest BCUT2D eigenvalue weighted by molar-refractivity contribution is 9.10. The summed E-state index contributed by atoms with van der Waals surface area (Å²) < 4.78 is 13.9. The van der Waals surface area contributed by atoms with Gasteiger partial charge in [0.1, 0.15) is 10.6 Å². The minimum Gasteiger partial charge on any atom is -0.245 e. The Morgan fingerprint density at radius 3 is 2.63 bits per heavy atom. The fourth-order valence-electron chi connectivity index (χ4n) is 1.90. The van der Waals surface area contributed by atoms with Crippen molar-refractivity contribution in [1.29, 1.82) is 0 Å². The predicted octanol–water partition coefficient (Wildman–Crippen LogP) is 5.44. The van der Waals surface area contributed by atoms with E-state index in [1.165, 1.54) is 12.1 Å². The molecule has 0 aliphatic heterocycles. The van der Waals surface area contributed by atoms with Crippen LogP contribution in [-0.2, 0) is 6.42 Å². The molecule has 0 fully saturated rings. The zero-order valence-corrected chi connectivity index (χ0v) is 12.8. The lowest BCUT2D eigenvalue weighted by molar-refractivity contribution is 0.627. The third kappa shape index (κ3) is 2.53. The molecule has 0 aliphatic rings. The summed E-state index contributed by atoms with van der Waals surface area (Å²) in [6.45, 7) is 0. The van der Waals surface area contributed by atoms with Crippen LogP contribution in [0.1, 0.15) is 10.4 Å². The van der Waals surface area contributed by atoms with E-state index in [1.807, 2.05) is 0 Å². The van der Waals surface area contributed by atoms with Gasteiger partial charge in [0.05, 0.1) is 5.02 Å². The average molecular weight is 357 g/mol. The van der Waals surface area contributed by atoms with Crippen LogP contribution >= 0.6 is 38.9 Å². The maximum absolute atomic E-state index is 12.9. The maximum Gasteiger partial charge on any atom is 0.126 e. The number of rotatable bonds is 2. The Morgan fingerprint density at radius 2 is 1.95 bits per heavy atom. The Labute approximate surface area is 127 Å². The zero-order valence-electron chi connectivity index (χ0n) is 9.66. The third-order valence-electron chi connectivity index (χ3n) is 2.83. The number of aromatic nitrogens is 1. The molecule has 2 aromatic heterocycles. The molecule has 0 radical (unpaired) electrons. The lowest BCUT2D eigenvalue weighted by Gasteiger charge is -2.00. The number of hydrogen-bond donors (Lipinski definition) is 0. The smallest absolute Gasteiger partial charge is 0.126 e. The van der Waals surface area contributed by atoms with Crippen molar-refractivity contribution < 1.29 is 4.39 Å². The van der Waals surface area contributed by atoms with E-state index in [0.29, 0.717) is 5.02 Å². The van der Waals surface area contributed by atoms with E-state index in [0.717, 1.165) is 31.6 Å². The second-order valence-corrected chi connectivity index (χ2v) is 6.40. The summed E-state index contributed by atoms with van der Waals surface area (Å²) >= 11 is 11.4. The summed E-state index contributed by atoms with van der Waals surface area (Å²) in [7, 11) is 0. The number of pyridine rings is 1. The van der Waals surface area contributed by atoms with Crippen LogP contribution in [0.5, 0.6) is 0 Å². The summed E-state index contributed by atoms with van der Waals surface area (Å²) in [5.41, 5.74) is 1.06. The first-order valence-electron chi connectivity index (χ1n) is 5.61. The number of hydrogen-bond acceptors (Lipinski definition) is 2. The van der Waals surface area contributed by atoms with Gasteiger partial charge in [-0.2, -0.15) is 0 Å². The Kier molecular flexibility index (Phi) is 3.56. The van der Waals surface area contributed by atoms with Gasteiger partial charge >= 0.3 is 0 Å². The molecule has 0 saturated heterocycles. The van der Waals surface area contributed by atoms with Crippen molar-refractivity contribution in [2.24, 2.45) is 0 Å². The van der Waals surface area contributed by atoms with Crippen molar-refractivity contribution in [2.45, 2.75) is 6.42 Å². The highest BCUT2D eigenvalue weighted by Crippen LogP contribution is 2.39. The molecule has 0 spiro atoms. The predicted molar refractivity (Wildman–Crippen MR) is 81.5 cm³/mol. The first kappa shape index (κ1) is 13.0. The molecule has 2 heterocycles. The lowest BCUT2D eigenvalue weighted by Crippen LogP contribution is -1.85. The van der Waals surface area contributed by atoms with Crippen LogP contribution in [0, 0.1) is 5.82 Å². The highest BCUT2D eigenvalue weighted by atomic mass is 79.9. The maximum atomic E-state index is 12.9. The summed E-state index contributed by atoms with van der Waals surface area (Å²) in [6, 6.07) is 8.31. The van der Waals surface area contributed by atoms with Crippen LogP contribution in [0.15, 0.2) is 41.0 Å². The van der Waals surface area contributed by atoms with E-state index < -0.39 is 0 Å². The van der Waals surface area contributed by atoms with Gasteiger partial charge in [0.15, 0.2) is 0 Å². The summed E-state index contributed by atoms with van der Waals surface area (Å²) in [6.07, 6.45) is 2.44. The molecule has 0 amide bonds. The van der Waals surface area contributed by atoms with E-state index in [-0.39, 0.29) is 5.82 Å². The largest absolute Gasteiger partial charge is 0.245 e. The van der Waals surface area contributed by atoms with Crippen LogP contribution in [-0.4, -0.2) is 4.98 Å². The van der Waals surface area contributed by atoms with Gasteiger partial charge in [-0.25, -0.2) is 9.37 Å². The molecule has 19 heavy (non-hydrogen) atoms. The number of benzene rings is 1. The number of halogens is 3. The Hall–Kier alpha value is -0.970. The number of fused-ring (bicyclic) bond motifs is 1. The van der Waals surface area contributed by atoms with E-state index in [4.69, 9.17) is 11.6 Å². The quantitative estimate of drug-likeness (QED) is 0.595. The van der Waals surface area contributed by atoms with Gasteiger partial charge in [-0.3, -0.25) is 0 Å². The molecule has 0 atom stereocenters. The topological polar surface area (TPSA) is 12.9 Å². The van der Waals surface area contributed by atoms with Crippen molar-refractivity contribution >= 4 is 49.1 Å². The van der Waals surface area contributed by atoms with Gasteiger partial charge < -0.3 is 0 Å². The molecule has 3 aromatic rings. The van der Waals surface area contributed by atoms with Crippen molar-refractivity contribution in [2.75, 3.05) is 0 Å². The fraction of sp³-hybridized carbons (Fsp3) is 0.0714. The van der Waals surface area contributed by atoms with Crippen LogP contribution in [0.3, 0.4) is 0 Å². The summed E-state index contributed by atoms with van der Waals surface area (Å²) in [5, 5.41) is 1.64. The molecular weight excluding hydrogens is 349 g/mol. The lowest BCUT2D eigenvalue weighted by atomic mass is 10.1. The van der Waals surface area contributed by atoms with Gasteiger partial charge in [0.25, 0.3) is 0 Å². The highest BCUT2D eigenvalue weighted by Gasteiger charge is 2.13.